The van der Waals surface area contributed by atoms with E-state index >= 15 is 0 Å². The predicted octanol–water partition coefficient (Wildman–Crippen LogP) is 2.52. The molecule has 82 valence electrons. The van der Waals surface area contributed by atoms with Gasteiger partial charge >= 0.3 is 0 Å². The lowest BCUT2D eigenvalue weighted by Gasteiger charge is -2.07. The number of nitro benzene ring substituents is 1. The van der Waals surface area contributed by atoms with Crippen LogP contribution in [0.15, 0.2) is 30.5 Å². The van der Waals surface area contributed by atoms with Gasteiger partial charge in [0.1, 0.15) is 0 Å². The highest BCUT2D eigenvalue weighted by molar-refractivity contribution is 5.92. The highest BCUT2D eigenvalue weighted by Crippen LogP contribution is 2.34. The average Bonchev–Trinajstić information content (AvgIpc) is 2.60. The molecular formula is C12H12N2O2. The predicted molar refractivity (Wildman–Crippen MR) is 63.8 cm³/mol. The van der Waals surface area contributed by atoms with Gasteiger partial charge in [0, 0.05) is 26.4 Å². The first kappa shape index (κ1) is 10.4. The summed E-state index contributed by atoms with van der Waals surface area (Å²) in [6, 6.07) is 5.15. The fourth-order valence-corrected chi connectivity index (χ4v) is 1.79. The molecule has 4 nitrogen and oxygen atoms in total. The second-order valence-corrected chi connectivity index (χ2v) is 3.88. The molecule has 0 amide bonds. The number of benzene rings is 1. The fourth-order valence-electron chi connectivity index (χ4n) is 1.79. The largest absolute Gasteiger partial charge is 0.383 e. The average molecular weight is 216 g/mol. The summed E-state index contributed by atoms with van der Waals surface area (Å²) in [7, 11) is 3.85. The molecule has 0 aromatic heterocycles. The van der Waals surface area contributed by atoms with E-state index in [0.29, 0.717) is 5.56 Å². The molecule has 0 unspecified atom stereocenters. The molecule has 0 spiro atoms. The van der Waals surface area contributed by atoms with E-state index in [4.69, 9.17) is 0 Å². The first-order valence-electron chi connectivity index (χ1n) is 4.93. The van der Waals surface area contributed by atoms with Gasteiger partial charge in [0.15, 0.2) is 0 Å². The molecule has 1 aliphatic carbocycles. The smallest absolute Gasteiger partial charge is 0.277 e. The van der Waals surface area contributed by atoms with Crippen molar-refractivity contribution in [3.05, 3.63) is 51.7 Å². The monoisotopic (exact) mass is 216 g/mol. The van der Waals surface area contributed by atoms with Crippen LogP contribution < -0.4 is 0 Å². The lowest BCUT2D eigenvalue weighted by molar-refractivity contribution is -0.385. The first-order chi connectivity index (χ1) is 7.59. The Morgan fingerprint density at radius 3 is 2.69 bits per heavy atom. The summed E-state index contributed by atoms with van der Waals surface area (Å²) >= 11 is 0. The Kier molecular flexibility index (Phi) is 2.48. The van der Waals surface area contributed by atoms with E-state index in [-0.39, 0.29) is 10.6 Å². The van der Waals surface area contributed by atoms with Crippen molar-refractivity contribution in [2.75, 3.05) is 14.1 Å². The van der Waals surface area contributed by atoms with Crippen LogP contribution in [-0.2, 0) is 0 Å². The molecule has 1 aromatic rings. The molecule has 0 bridgehead atoms. The Hall–Kier alpha value is -2.10. The molecule has 1 aromatic carbocycles. The number of hydrogen-bond donors (Lipinski definition) is 0. The van der Waals surface area contributed by atoms with Gasteiger partial charge in [-0.3, -0.25) is 10.1 Å². The molecule has 0 atom stereocenters. The quantitative estimate of drug-likeness (QED) is 0.563. The molecule has 0 aliphatic heterocycles. The van der Waals surface area contributed by atoms with Crippen molar-refractivity contribution in [1.29, 1.82) is 0 Å². The minimum atomic E-state index is -0.345. The number of hydrogen-bond acceptors (Lipinski definition) is 3. The molecule has 0 saturated heterocycles. The van der Waals surface area contributed by atoms with Gasteiger partial charge in [-0.05, 0) is 17.2 Å². The molecule has 2 rings (SSSR count). The van der Waals surface area contributed by atoms with Crippen LogP contribution in [0, 0.1) is 10.1 Å². The Morgan fingerprint density at radius 2 is 2.06 bits per heavy atom. The van der Waals surface area contributed by atoms with Gasteiger partial charge in [-0.25, -0.2) is 0 Å². The lowest BCUT2D eigenvalue weighted by Crippen LogP contribution is -2.01. The SMILES string of the molecule is CN(C)/C=C1\C=Cc2c1cccc2[N+](=O)[O-]. The maximum Gasteiger partial charge on any atom is 0.277 e. The van der Waals surface area contributed by atoms with E-state index in [1.807, 2.05) is 37.3 Å². The van der Waals surface area contributed by atoms with E-state index < -0.39 is 0 Å². The zero-order chi connectivity index (χ0) is 11.7. The lowest BCUT2D eigenvalue weighted by atomic mass is 10.1. The normalized spacial score (nSPS) is 15.2. The Labute approximate surface area is 93.6 Å². The maximum atomic E-state index is 10.8. The molecule has 0 heterocycles. The molecule has 0 N–H and O–H groups in total. The molecule has 0 saturated carbocycles. The van der Waals surface area contributed by atoms with E-state index in [9.17, 15) is 10.1 Å². The number of nitro groups is 1. The summed E-state index contributed by atoms with van der Waals surface area (Å²) in [5.41, 5.74) is 2.78. The summed E-state index contributed by atoms with van der Waals surface area (Å²) in [5.74, 6) is 0. The van der Waals surface area contributed by atoms with Crippen LogP contribution in [0.5, 0.6) is 0 Å². The summed E-state index contributed by atoms with van der Waals surface area (Å²) in [6.45, 7) is 0. The van der Waals surface area contributed by atoms with Crippen LogP contribution in [-0.4, -0.2) is 23.9 Å². The second-order valence-electron chi connectivity index (χ2n) is 3.88. The van der Waals surface area contributed by atoms with Crippen LogP contribution in [0.25, 0.3) is 11.6 Å². The van der Waals surface area contributed by atoms with Gasteiger partial charge in [-0.15, -0.1) is 0 Å². The van der Waals surface area contributed by atoms with Crippen molar-refractivity contribution >= 4 is 17.3 Å². The van der Waals surface area contributed by atoms with Crippen LogP contribution in [0.3, 0.4) is 0 Å². The third-order valence-electron chi connectivity index (χ3n) is 2.42. The van der Waals surface area contributed by atoms with E-state index in [1.54, 1.807) is 12.1 Å². The van der Waals surface area contributed by atoms with Crippen LogP contribution >= 0.6 is 0 Å². The Morgan fingerprint density at radius 1 is 1.31 bits per heavy atom. The first-order valence-corrected chi connectivity index (χ1v) is 4.93. The van der Waals surface area contributed by atoms with Gasteiger partial charge in [-0.2, -0.15) is 0 Å². The van der Waals surface area contributed by atoms with Crippen molar-refractivity contribution in [2.24, 2.45) is 0 Å². The number of nitrogens with zero attached hydrogens (tertiary/aromatic N) is 2. The van der Waals surface area contributed by atoms with Crippen molar-refractivity contribution in [2.45, 2.75) is 0 Å². The zero-order valence-corrected chi connectivity index (χ0v) is 9.18. The highest BCUT2D eigenvalue weighted by atomic mass is 16.6. The molecule has 0 radical (unpaired) electrons. The topological polar surface area (TPSA) is 46.4 Å². The minimum absolute atomic E-state index is 0.163. The molecule has 0 fully saturated rings. The van der Waals surface area contributed by atoms with E-state index in [0.717, 1.165) is 11.1 Å². The van der Waals surface area contributed by atoms with Gasteiger partial charge < -0.3 is 4.90 Å². The summed E-state index contributed by atoms with van der Waals surface area (Å²) < 4.78 is 0. The summed E-state index contributed by atoms with van der Waals surface area (Å²) in [4.78, 5) is 12.4. The Bertz CT molecular complexity index is 502. The van der Waals surface area contributed by atoms with Crippen LogP contribution in [0.4, 0.5) is 5.69 Å². The Balaban J connectivity index is 2.54. The number of rotatable bonds is 2. The van der Waals surface area contributed by atoms with Crippen LogP contribution in [0.2, 0.25) is 0 Å². The standard InChI is InChI=1S/C12H12N2O2/c1-13(2)8-9-6-7-11-10(9)4-3-5-12(11)14(15)16/h3-8H,1-2H3/b9-8+. The van der Waals surface area contributed by atoms with Crippen molar-refractivity contribution in [1.82, 2.24) is 4.90 Å². The third kappa shape index (κ3) is 1.69. The van der Waals surface area contributed by atoms with Crippen molar-refractivity contribution in [3.8, 4) is 0 Å². The van der Waals surface area contributed by atoms with Gasteiger partial charge in [0.25, 0.3) is 5.69 Å². The maximum absolute atomic E-state index is 10.8. The van der Waals surface area contributed by atoms with Gasteiger partial charge in [0.2, 0.25) is 0 Å². The van der Waals surface area contributed by atoms with Crippen molar-refractivity contribution < 1.29 is 4.92 Å². The fraction of sp³-hybridized carbons (Fsp3) is 0.167. The number of allylic oxidation sites excluding steroid dienone is 2. The minimum Gasteiger partial charge on any atom is -0.383 e. The number of fused-ring (bicyclic) bond motifs is 1. The zero-order valence-electron chi connectivity index (χ0n) is 9.18. The van der Waals surface area contributed by atoms with E-state index in [1.165, 1.54) is 6.07 Å². The van der Waals surface area contributed by atoms with E-state index in [2.05, 4.69) is 0 Å². The second kappa shape index (κ2) is 3.81. The van der Waals surface area contributed by atoms with Crippen LogP contribution in [0.1, 0.15) is 11.1 Å². The molecule has 1 aliphatic rings. The summed E-state index contributed by atoms with van der Waals surface area (Å²) in [6.07, 6.45) is 5.65. The molecule has 4 heteroatoms. The third-order valence-corrected chi connectivity index (χ3v) is 2.42. The molecule has 16 heavy (non-hydrogen) atoms. The summed E-state index contributed by atoms with van der Waals surface area (Å²) in [5, 5.41) is 10.8. The molecular weight excluding hydrogens is 204 g/mol. The van der Waals surface area contributed by atoms with Gasteiger partial charge in [0.05, 0.1) is 10.5 Å². The van der Waals surface area contributed by atoms with Gasteiger partial charge in [-0.1, -0.05) is 18.2 Å². The van der Waals surface area contributed by atoms with Crippen molar-refractivity contribution in [3.63, 3.8) is 0 Å². The highest BCUT2D eigenvalue weighted by Gasteiger charge is 2.20.